The van der Waals surface area contributed by atoms with Gasteiger partial charge in [-0.15, -0.1) is 0 Å². The molecule has 1 aliphatic heterocycles. The normalized spacial score (nSPS) is 17.1. The number of aliphatic hydroxyl groups is 1. The van der Waals surface area contributed by atoms with Gasteiger partial charge in [0.2, 0.25) is 35.4 Å². The second-order valence-electron chi connectivity index (χ2n) is 15.8. The van der Waals surface area contributed by atoms with Crippen LogP contribution in [0.25, 0.3) is 10.9 Å². The number of carboxylic acid groups (broad SMARTS) is 2. The zero-order valence-electron chi connectivity index (χ0n) is 35.4. The minimum Gasteiger partial charge on any atom is -0.481 e. The Hall–Kier alpha value is -6.29. The van der Waals surface area contributed by atoms with Crippen LogP contribution in [0, 0.1) is 5.92 Å². The zero-order valence-corrected chi connectivity index (χ0v) is 35.4. The Kier molecular flexibility index (Phi) is 19.1. The number of nitrogens with two attached hydrogens (primary N) is 3. The van der Waals surface area contributed by atoms with Crippen LogP contribution in [0.4, 0.5) is 0 Å². The molecular weight excluding hydrogens is 811 g/mol. The molecule has 342 valence electrons. The highest BCUT2D eigenvalue weighted by Crippen LogP contribution is 2.22. The molecule has 1 saturated heterocycles. The molecule has 2 aromatic rings. The van der Waals surface area contributed by atoms with Crippen LogP contribution in [-0.2, 0) is 44.8 Å². The number of aliphatic carboxylic acids is 2. The van der Waals surface area contributed by atoms with Crippen molar-refractivity contribution in [3.63, 3.8) is 0 Å². The molecule has 22 heteroatoms. The number of fused-ring (bicyclic) bond motifs is 1. The monoisotopic (exact) mass is 871 g/mol. The molecule has 1 aromatic heterocycles. The summed E-state index contributed by atoms with van der Waals surface area (Å²) in [5, 5.41) is 42.8. The Labute approximate surface area is 358 Å². The average Bonchev–Trinajstić information content (AvgIpc) is 3.86. The Morgan fingerprint density at radius 2 is 1.50 bits per heavy atom. The van der Waals surface area contributed by atoms with E-state index in [4.69, 9.17) is 17.2 Å². The maximum Gasteiger partial charge on any atom is 0.325 e. The molecule has 0 bridgehead atoms. The number of aliphatic hydroxyl groups excluding tert-OH is 1. The van der Waals surface area contributed by atoms with E-state index >= 15 is 0 Å². The molecule has 0 spiro atoms. The van der Waals surface area contributed by atoms with E-state index < -0.39 is 109 Å². The lowest BCUT2D eigenvalue weighted by Gasteiger charge is -2.32. The van der Waals surface area contributed by atoms with Gasteiger partial charge in [-0.05, 0) is 69.9 Å². The van der Waals surface area contributed by atoms with Crippen LogP contribution >= 0.6 is 0 Å². The molecule has 6 amide bonds. The molecule has 62 heavy (non-hydrogen) atoms. The van der Waals surface area contributed by atoms with Crippen molar-refractivity contribution in [1.29, 1.82) is 0 Å². The number of carbonyl (C=O) groups excluding carboxylic acids is 6. The number of amides is 6. The van der Waals surface area contributed by atoms with E-state index in [0.717, 1.165) is 15.8 Å². The molecule has 0 unspecified atom stereocenters. The van der Waals surface area contributed by atoms with Crippen molar-refractivity contribution < 1.29 is 53.7 Å². The van der Waals surface area contributed by atoms with E-state index in [1.807, 2.05) is 18.2 Å². The summed E-state index contributed by atoms with van der Waals surface area (Å²) in [7, 11) is 0. The minimum atomic E-state index is -1.61. The number of hydrogen-bond donors (Lipinski definition) is 12. The number of nitrogens with one attached hydrogen (secondary N) is 6. The highest BCUT2D eigenvalue weighted by molar-refractivity contribution is 5.98. The van der Waals surface area contributed by atoms with Gasteiger partial charge in [0, 0.05) is 43.0 Å². The molecule has 2 heterocycles. The molecule has 0 radical (unpaired) electrons. The number of guanidine groups is 1. The second kappa shape index (κ2) is 23.6. The van der Waals surface area contributed by atoms with Crippen molar-refractivity contribution in [2.75, 3.05) is 13.1 Å². The summed E-state index contributed by atoms with van der Waals surface area (Å²) in [4.78, 5) is 113. The number of carboxylic acids is 2. The van der Waals surface area contributed by atoms with Crippen molar-refractivity contribution in [3.8, 4) is 0 Å². The van der Waals surface area contributed by atoms with Crippen LogP contribution in [0.15, 0.2) is 35.5 Å². The van der Waals surface area contributed by atoms with Gasteiger partial charge in [-0.1, -0.05) is 32.0 Å². The van der Waals surface area contributed by atoms with Gasteiger partial charge < -0.3 is 69.0 Å². The fourth-order valence-electron chi connectivity index (χ4n) is 6.94. The molecule has 1 aliphatic rings. The first-order chi connectivity index (χ1) is 29.2. The van der Waals surface area contributed by atoms with E-state index in [-0.39, 0.29) is 50.7 Å². The number of benzene rings is 1. The number of para-hydroxylation sites is 1. The highest BCUT2D eigenvalue weighted by atomic mass is 16.4. The standard InChI is InChI=1S/C40H61N11O11/c1-20(2)17-28(35(57)46-21(3)39(61)62)49-34(56)27(13-14-31(53)54)47-37(59)30-12-8-16-51(30)38(60)32(22(4)52)50-36(58)29(18-23-19-45-26-11-6-5-9-24(23)26)48-33(55)25(41)10-7-15-44-40(42)43/h5-6,9,11,19-22,25,27-30,32,45,52H,7-8,10,12-18,41H2,1-4H3,(H,46,57)(H,47,59)(H,48,55)(H,49,56)(H,50,58)(H,53,54)(H,61,62)(H4,42,43,44)/t21-,22+,25-,27-,28-,29-,30-,32-/m0/s1. The predicted molar refractivity (Wildman–Crippen MR) is 226 cm³/mol. The number of carbonyl (C=O) groups is 8. The summed E-state index contributed by atoms with van der Waals surface area (Å²) < 4.78 is 0. The number of aromatic nitrogens is 1. The Morgan fingerprint density at radius 3 is 2.13 bits per heavy atom. The van der Waals surface area contributed by atoms with Gasteiger partial charge in [-0.3, -0.25) is 43.3 Å². The molecule has 1 fully saturated rings. The number of rotatable bonds is 24. The molecule has 0 saturated carbocycles. The second-order valence-corrected chi connectivity index (χ2v) is 15.8. The van der Waals surface area contributed by atoms with Crippen LogP contribution < -0.4 is 43.8 Å². The summed E-state index contributed by atoms with van der Waals surface area (Å²) in [5.41, 5.74) is 18.3. The van der Waals surface area contributed by atoms with Gasteiger partial charge in [0.25, 0.3) is 0 Å². The summed E-state index contributed by atoms with van der Waals surface area (Å²) in [5.74, 6) is -7.74. The lowest BCUT2D eigenvalue weighted by Crippen LogP contribution is -2.61. The number of aliphatic imine (C=N–C) groups is 1. The van der Waals surface area contributed by atoms with Gasteiger partial charge in [-0.2, -0.15) is 0 Å². The van der Waals surface area contributed by atoms with Gasteiger partial charge in [0.1, 0.15) is 36.3 Å². The molecule has 0 aliphatic carbocycles. The summed E-state index contributed by atoms with van der Waals surface area (Å²) >= 11 is 0. The Bertz CT molecular complexity index is 1950. The summed E-state index contributed by atoms with van der Waals surface area (Å²) in [6.07, 6.45) is 0.228. The van der Waals surface area contributed by atoms with Crippen molar-refractivity contribution in [2.24, 2.45) is 28.1 Å². The third-order valence-corrected chi connectivity index (χ3v) is 10.3. The van der Waals surface area contributed by atoms with Crippen molar-refractivity contribution in [2.45, 2.75) is 127 Å². The number of aromatic amines is 1. The first-order valence-electron chi connectivity index (χ1n) is 20.5. The van der Waals surface area contributed by atoms with Crippen LogP contribution in [0.2, 0.25) is 0 Å². The number of nitrogens with zero attached hydrogens (tertiary/aromatic N) is 2. The van der Waals surface area contributed by atoms with Crippen molar-refractivity contribution >= 4 is 64.2 Å². The van der Waals surface area contributed by atoms with Crippen LogP contribution in [0.1, 0.15) is 78.2 Å². The predicted octanol–water partition coefficient (Wildman–Crippen LogP) is -2.10. The summed E-state index contributed by atoms with van der Waals surface area (Å²) in [6, 6.07) is -1.89. The fourth-order valence-corrected chi connectivity index (χ4v) is 6.94. The third kappa shape index (κ3) is 15.0. The zero-order chi connectivity index (χ0) is 46.3. The van der Waals surface area contributed by atoms with E-state index in [1.165, 1.54) is 13.8 Å². The SMILES string of the molecule is CC(C)C[C@H](NC(=O)[C@H](CCC(=O)O)NC(=O)[C@@H]1CCCN1C(=O)[C@@H](NC(=O)[C@H](Cc1c[nH]c2ccccc12)NC(=O)[C@@H](N)CCCN=C(N)N)[C@@H](C)O)C(=O)N[C@@H](C)C(=O)O. The lowest BCUT2D eigenvalue weighted by molar-refractivity contribution is -0.145. The molecule has 22 nitrogen and oxygen atoms in total. The summed E-state index contributed by atoms with van der Waals surface area (Å²) in [6.45, 7) is 6.28. The Balaban J connectivity index is 1.82. The maximum atomic E-state index is 14.2. The smallest absolute Gasteiger partial charge is 0.325 e. The van der Waals surface area contributed by atoms with E-state index in [1.54, 1.807) is 26.1 Å². The maximum absolute atomic E-state index is 14.2. The topological polar surface area (TPSA) is 367 Å². The molecular formula is C40H61N11O11. The average molecular weight is 872 g/mol. The molecule has 3 rings (SSSR count). The molecule has 8 atom stereocenters. The van der Waals surface area contributed by atoms with Gasteiger partial charge >= 0.3 is 11.9 Å². The van der Waals surface area contributed by atoms with Gasteiger partial charge in [0.15, 0.2) is 5.96 Å². The first-order valence-corrected chi connectivity index (χ1v) is 20.5. The lowest BCUT2D eigenvalue weighted by atomic mass is 10.0. The van der Waals surface area contributed by atoms with Crippen molar-refractivity contribution in [1.82, 2.24) is 36.5 Å². The van der Waals surface area contributed by atoms with Crippen LogP contribution in [-0.4, -0.2) is 140 Å². The number of H-pyrrole nitrogens is 1. The van der Waals surface area contributed by atoms with E-state index in [2.05, 4.69) is 36.6 Å². The van der Waals surface area contributed by atoms with Gasteiger partial charge in [0.05, 0.1) is 12.1 Å². The largest absolute Gasteiger partial charge is 0.481 e. The van der Waals surface area contributed by atoms with E-state index in [9.17, 15) is 53.7 Å². The van der Waals surface area contributed by atoms with E-state index in [0.29, 0.717) is 18.4 Å². The quantitative estimate of drug-likeness (QED) is 0.0306. The van der Waals surface area contributed by atoms with Crippen LogP contribution in [0.3, 0.4) is 0 Å². The number of hydrogen-bond acceptors (Lipinski definition) is 11. The number of likely N-dealkylation sites (tertiary alicyclic amines) is 1. The minimum absolute atomic E-state index is 0.0185. The van der Waals surface area contributed by atoms with Gasteiger partial charge in [-0.25, -0.2) is 0 Å². The van der Waals surface area contributed by atoms with Crippen molar-refractivity contribution in [3.05, 3.63) is 36.0 Å². The molecule has 1 aromatic carbocycles. The van der Waals surface area contributed by atoms with Crippen LogP contribution in [0.5, 0.6) is 0 Å². The molecule has 15 N–H and O–H groups in total. The third-order valence-electron chi connectivity index (χ3n) is 10.3. The highest BCUT2D eigenvalue weighted by Gasteiger charge is 2.41. The Morgan fingerprint density at radius 1 is 0.855 bits per heavy atom. The first kappa shape index (κ1) is 50.1. The fraction of sp³-hybridized carbons (Fsp3) is 0.575.